The smallest absolute Gasteiger partial charge is 0.307 e. The molecule has 116 valence electrons. The van der Waals surface area contributed by atoms with E-state index in [0.29, 0.717) is 6.54 Å². The Labute approximate surface area is 130 Å². The molecule has 2 N–H and O–H groups in total. The number of nitrogens with one attached hydrogen (secondary N) is 1. The number of carboxylic acids is 1. The number of allylic oxidation sites excluding steroid dienone is 2. The lowest BCUT2D eigenvalue weighted by molar-refractivity contribution is -0.153. The highest BCUT2D eigenvalue weighted by Gasteiger charge is 2.47. The van der Waals surface area contributed by atoms with Crippen molar-refractivity contribution >= 4 is 11.9 Å². The molecule has 4 unspecified atom stereocenters. The summed E-state index contributed by atoms with van der Waals surface area (Å²) in [7, 11) is 0. The van der Waals surface area contributed by atoms with Crippen LogP contribution in [0.25, 0.3) is 0 Å². The number of amides is 1. The molecule has 4 nitrogen and oxygen atoms in total. The summed E-state index contributed by atoms with van der Waals surface area (Å²) in [6.07, 6.45) is 5.80. The van der Waals surface area contributed by atoms with Crippen LogP contribution in [-0.4, -0.2) is 17.0 Å². The van der Waals surface area contributed by atoms with Gasteiger partial charge in [0.2, 0.25) is 5.91 Å². The van der Waals surface area contributed by atoms with E-state index in [4.69, 9.17) is 0 Å². The molecule has 1 fully saturated rings. The topological polar surface area (TPSA) is 66.4 Å². The minimum atomic E-state index is -0.852. The van der Waals surface area contributed by atoms with E-state index in [2.05, 4.69) is 5.32 Å². The summed E-state index contributed by atoms with van der Waals surface area (Å²) in [6, 6.07) is 7.98. The first-order valence-electron chi connectivity index (χ1n) is 7.80. The lowest BCUT2D eigenvalue weighted by Gasteiger charge is -2.41. The van der Waals surface area contributed by atoms with Gasteiger partial charge in [0.05, 0.1) is 11.8 Å². The van der Waals surface area contributed by atoms with E-state index < -0.39 is 17.8 Å². The standard InChI is InChI=1S/C18H21NO3/c1-11-2-4-12(5-3-11)10-19-17(20)15-13-6-8-14(9-7-13)16(15)18(21)22/h2-6,8,13-16H,7,9-10H2,1H3,(H,19,20)(H,21,22). The summed E-state index contributed by atoms with van der Waals surface area (Å²) in [5.41, 5.74) is 2.21. The Morgan fingerprint density at radius 2 is 1.68 bits per heavy atom. The number of carbonyl (C=O) groups is 2. The van der Waals surface area contributed by atoms with E-state index in [0.717, 1.165) is 18.4 Å². The third-order valence-corrected chi connectivity index (χ3v) is 4.92. The van der Waals surface area contributed by atoms with Crippen molar-refractivity contribution in [3.05, 3.63) is 47.5 Å². The van der Waals surface area contributed by atoms with E-state index >= 15 is 0 Å². The zero-order valence-corrected chi connectivity index (χ0v) is 12.7. The monoisotopic (exact) mass is 299 g/mol. The van der Waals surface area contributed by atoms with Crippen molar-refractivity contribution in [2.24, 2.45) is 23.7 Å². The van der Waals surface area contributed by atoms with E-state index in [1.165, 1.54) is 5.56 Å². The van der Waals surface area contributed by atoms with Gasteiger partial charge in [0, 0.05) is 6.54 Å². The van der Waals surface area contributed by atoms with Crippen LogP contribution in [0.3, 0.4) is 0 Å². The maximum absolute atomic E-state index is 12.5. The number of aryl methyl sites for hydroxylation is 1. The predicted octanol–water partition coefficient (Wildman–Crippen LogP) is 2.52. The van der Waals surface area contributed by atoms with Gasteiger partial charge in [-0.15, -0.1) is 0 Å². The molecule has 1 amide bonds. The summed E-state index contributed by atoms with van der Waals surface area (Å²) in [5.74, 6) is -1.95. The van der Waals surface area contributed by atoms with Crippen molar-refractivity contribution in [2.45, 2.75) is 26.3 Å². The summed E-state index contributed by atoms with van der Waals surface area (Å²) in [5, 5.41) is 12.4. The number of hydrogen-bond acceptors (Lipinski definition) is 2. The van der Waals surface area contributed by atoms with E-state index in [1.54, 1.807) is 0 Å². The molecule has 4 atom stereocenters. The molecule has 1 aromatic carbocycles. The highest BCUT2D eigenvalue weighted by molar-refractivity contribution is 5.86. The number of aliphatic carboxylic acids is 1. The van der Waals surface area contributed by atoms with Crippen LogP contribution in [0.5, 0.6) is 0 Å². The van der Waals surface area contributed by atoms with Crippen LogP contribution in [0.2, 0.25) is 0 Å². The SMILES string of the molecule is Cc1ccc(CNC(=O)C2C3C=CC(CC3)C2C(=O)O)cc1. The van der Waals surface area contributed by atoms with Crippen LogP contribution in [-0.2, 0) is 16.1 Å². The van der Waals surface area contributed by atoms with Gasteiger partial charge in [-0.05, 0) is 37.2 Å². The quantitative estimate of drug-likeness (QED) is 0.840. The number of rotatable bonds is 4. The average Bonchev–Trinajstić information content (AvgIpc) is 2.54. The highest BCUT2D eigenvalue weighted by Crippen LogP contribution is 2.45. The second kappa shape index (κ2) is 5.95. The van der Waals surface area contributed by atoms with Gasteiger partial charge < -0.3 is 10.4 Å². The van der Waals surface area contributed by atoms with Gasteiger partial charge in [-0.3, -0.25) is 9.59 Å². The molecule has 1 saturated carbocycles. The zero-order valence-electron chi connectivity index (χ0n) is 12.7. The molecule has 0 aromatic heterocycles. The Morgan fingerprint density at radius 1 is 1.09 bits per heavy atom. The van der Waals surface area contributed by atoms with Crippen molar-refractivity contribution in [1.29, 1.82) is 0 Å². The van der Waals surface area contributed by atoms with Gasteiger partial charge in [0.25, 0.3) is 0 Å². The Kier molecular flexibility index (Phi) is 4.01. The first kappa shape index (κ1) is 14.8. The number of carboxylic acid groups (broad SMARTS) is 1. The predicted molar refractivity (Wildman–Crippen MR) is 83.0 cm³/mol. The maximum Gasteiger partial charge on any atom is 0.307 e. The molecular formula is C18H21NO3. The van der Waals surface area contributed by atoms with Crippen LogP contribution >= 0.6 is 0 Å². The van der Waals surface area contributed by atoms with Crippen LogP contribution in [0, 0.1) is 30.6 Å². The summed E-state index contributed by atoms with van der Waals surface area (Å²) >= 11 is 0. The molecule has 3 aliphatic carbocycles. The fourth-order valence-corrected chi connectivity index (χ4v) is 3.70. The maximum atomic E-state index is 12.5. The minimum absolute atomic E-state index is 0.00220. The lowest BCUT2D eigenvalue weighted by Crippen LogP contribution is -2.48. The fourth-order valence-electron chi connectivity index (χ4n) is 3.70. The second-order valence-electron chi connectivity index (χ2n) is 6.38. The Bertz CT molecular complexity index is 605. The normalized spacial score (nSPS) is 29.3. The van der Waals surface area contributed by atoms with Crippen molar-refractivity contribution in [2.75, 3.05) is 0 Å². The van der Waals surface area contributed by atoms with Gasteiger partial charge in [-0.25, -0.2) is 0 Å². The van der Waals surface area contributed by atoms with E-state index in [9.17, 15) is 14.7 Å². The molecule has 0 radical (unpaired) electrons. The van der Waals surface area contributed by atoms with Crippen LogP contribution in [0.15, 0.2) is 36.4 Å². The van der Waals surface area contributed by atoms with Gasteiger partial charge in [-0.2, -0.15) is 0 Å². The molecular weight excluding hydrogens is 278 g/mol. The van der Waals surface area contributed by atoms with Crippen molar-refractivity contribution in [1.82, 2.24) is 5.32 Å². The van der Waals surface area contributed by atoms with Gasteiger partial charge in [0.1, 0.15) is 0 Å². The Hall–Kier alpha value is -2.10. The van der Waals surface area contributed by atoms with Gasteiger partial charge in [-0.1, -0.05) is 42.0 Å². The minimum Gasteiger partial charge on any atom is -0.481 e. The molecule has 2 bridgehead atoms. The lowest BCUT2D eigenvalue weighted by atomic mass is 9.62. The van der Waals surface area contributed by atoms with Crippen molar-refractivity contribution in [3.8, 4) is 0 Å². The van der Waals surface area contributed by atoms with Crippen molar-refractivity contribution in [3.63, 3.8) is 0 Å². The first-order valence-corrected chi connectivity index (χ1v) is 7.80. The zero-order chi connectivity index (χ0) is 15.7. The Balaban J connectivity index is 1.69. The van der Waals surface area contributed by atoms with Crippen LogP contribution in [0.4, 0.5) is 0 Å². The third kappa shape index (κ3) is 2.78. The molecule has 0 heterocycles. The van der Waals surface area contributed by atoms with Gasteiger partial charge in [0.15, 0.2) is 0 Å². The number of fused-ring (bicyclic) bond motifs is 2. The second-order valence-corrected chi connectivity index (χ2v) is 6.38. The molecule has 0 saturated heterocycles. The molecule has 4 rings (SSSR count). The summed E-state index contributed by atoms with van der Waals surface area (Å²) in [4.78, 5) is 24.1. The van der Waals surface area contributed by atoms with Gasteiger partial charge >= 0.3 is 5.97 Å². The highest BCUT2D eigenvalue weighted by atomic mass is 16.4. The average molecular weight is 299 g/mol. The largest absolute Gasteiger partial charge is 0.481 e. The molecule has 0 spiro atoms. The van der Waals surface area contributed by atoms with E-state index in [1.807, 2.05) is 43.3 Å². The first-order chi connectivity index (χ1) is 10.6. The fraction of sp³-hybridized carbons (Fsp3) is 0.444. The molecule has 0 aliphatic heterocycles. The molecule has 22 heavy (non-hydrogen) atoms. The van der Waals surface area contributed by atoms with Crippen LogP contribution < -0.4 is 5.32 Å². The summed E-state index contributed by atoms with van der Waals surface area (Å²) < 4.78 is 0. The summed E-state index contributed by atoms with van der Waals surface area (Å²) in [6.45, 7) is 2.47. The van der Waals surface area contributed by atoms with E-state index in [-0.39, 0.29) is 17.7 Å². The molecule has 1 aromatic rings. The molecule has 4 heteroatoms. The number of carbonyl (C=O) groups excluding carboxylic acids is 1. The number of hydrogen-bond donors (Lipinski definition) is 2. The molecule has 3 aliphatic rings. The Morgan fingerprint density at radius 3 is 2.23 bits per heavy atom. The third-order valence-electron chi connectivity index (χ3n) is 4.92. The number of benzene rings is 1. The van der Waals surface area contributed by atoms with Crippen molar-refractivity contribution < 1.29 is 14.7 Å². The van der Waals surface area contributed by atoms with Crippen LogP contribution in [0.1, 0.15) is 24.0 Å².